The molecule has 2 heterocycles. The Balaban J connectivity index is 1.32. The van der Waals surface area contributed by atoms with Crippen LogP contribution >= 0.6 is 23.2 Å². The van der Waals surface area contributed by atoms with E-state index in [4.69, 9.17) is 28.2 Å². The Morgan fingerprint density at radius 1 is 0.860 bits per heavy atom. The molecule has 0 radical (unpaired) electrons. The Labute approximate surface area is 260 Å². The number of anilines is 1. The van der Waals surface area contributed by atoms with Crippen LogP contribution in [-0.2, 0) is 23.1 Å². The van der Waals surface area contributed by atoms with E-state index in [1.807, 2.05) is 41.1 Å². The summed E-state index contributed by atoms with van der Waals surface area (Å²) in [6.07, 6.45) is 8.62. The number of hydrogen-bond acceptors (Lipinski definition) is 4. The topological polar surface area (TPSA) is 87.5 Å². The summed E-state index contributed by atoms with van der Waals surface area (Å²) in [5.41, 5.74) is 5.82. The lowest BCUT2D eigenvalue weighted by Gasteiger charge is -2.16. The number of rotatable bonds is 8. The highest BCUT2D eigenvalue weighted by molar-refractivity contribution is 7.91. The van der Waals surface area contributed by atoms with Crippen LogP contribution in [0.5, 0.6) is 0 Å². The first-order valence-corrected chi connectivity index (χ1v) is 15.6. The molecule has 0 saturated heterocycles. The summed E-state index contributed by atoms with van der Waals surface area (Å²) in [7, 11) is -3.94. The average Bonchev–Trinajstić information content (AvgIpc) is 3.53. The van der Waals surface area contributed by atoms with Crippen LogP contribution < -0.4 is 9.03 Å². The molecule has 0 amide bonds. The predicted octanol–water partition coefficient (Wildman–Crippen LogP) is 7.70. The van der Waals surface area contributed by atoms with Gasteiger partial charge in [0.05, 0.1) is 22.6 Å². The third-order valence-electron chi connectivity index (χ3n) is 6.93. The quantitative estimate of drug-likeness (QED) is 0.184. The van der Waals surface area contributed by atoms with Crippen molar-refractivity contribution in [2.45, 2.75) is 12.8 Å². The minimum Gasteiger partial charge on any atom is -0.493 e. The number of nitrogens with zero attached hydrogens (tertiary/aromatic N) is 3. The van der Waals surface area contributed by atoms with Crippen molar-refractivity contribution in [1.82, 2.24) is 14.3 Å². The Bertz CT molecular complexity index is 1950. The van der Waals surface area contributed by atoms with E-state index < -0.39 is 16.1 Å². The molecule has 5 aromatic rings. The van der Waals surface area contributed by atoms with Crippen molar-refractivity contribution in [2.75, 3.05) is 4.31 Å². The van der Waals surface area contributed by atoms with E-state index in [1.165, 1.54) is 5.56 Å². The highest BCUT2D eigenvalue weighted by atomic mass is 35.5. The minimum absolute atomic E-state index is 0.353. The van der Waals surface area contributed by atoms with Crippen molar-refractivity contribution in [3.63, 3.8) is 0 Å². The van der Waals surface area contributed by atoms with Gasteiger partial charge in [-0.25, -0.2) is 14.0 Å². The van der Waals surface area contributed by atoms with Gasteiger partial charge in [-0.05, 0) is 59.5 Å². The molecule has 2 N–H and O–H groups in total. The van der Waals surface area contributed by atoms with E-state index >= 15 is 0 Å². The lowest BCUT2D eigenvalue weighted by molar-refractivity contribution is 0.392. The first kappa shape index (κ1) is 28.6. The number of aromatic nitrogens is 2. The number of halogens is 2. The molecule has 0 atom stereocenters. The van der Waals surface area contributed by atoms with Crippen LogP contribution in [0.15, 0.2) is 121 Å². The number of aliphatic hydroxyl groups excluding tert-OH is 1. The zero-order valence-corrected chi connectivity index (χ0v) is 25.1. The number of imidazole rings is 1. The fraction of sp³-hybridized carbons (Fsp3) is 0.0606. The van der Waals surface area contributed by atoms with Crippen LogP contribution in [-0.4, -0.2) is 23.1 Å². The van der Waals surface area contributed by atoms with Gasteiger partial charge in [0.15, 0.2) is 0 Å². The van der Waals surface area contributed by atoms with Crippen LogP contribution in [0.4, 0.5) is 5.69 Å². The molecule has 1 aromatic heterocycles. The first-order chi connectivity index (χ1) is 20.7. The highest BCUT2D eigenvalue weighted by Crippen LogP contribution is 2.32. The molecule has 1 aliphatic rings. The maximum absolute atomic E-state index is 12.5. The third-order valence-corrected chi connectivity index (χ3v) is 8.78. The normalized spacial score (nSPS) is 14.2. The standard InChI is InChI=1S/C33H26Cl2N4O3S/c34-26-16-17-29(30(35)19-26)31-21-38(27-10-5-11-28(20-27)39-22-33(40)37-43(39,41)42)32(36-31)18-25-14-12-24(13-15-25)9-4-8-23-6-2-1-3-7-23/h1-7,9-17,19-22,37,40H,8,18H2. The summed E-state index contributed by atoms with van der Waals surface area (Å²) < 4.78 is 30.0. The molecule has 43 heavy (non-hydrogen) atoms. The van der Waals surface area contributed by atoms with Gasteiger partial charge in [-0.2, -0.15) is 8.42 Å². The summed E-state index contributed by atoms with van der Waals surface area (Å²) >= 11 is 12.7. The maximum atomic E-state index is 12.5. The highest BCUT2D eigenvalue weighted by Gasteiger charge is 2.29. The van der Waals surface area contributed by atoms with E-state index in [1.54, 1.807) is 30.3 Å². The monoisotopic (exact) mass is 628 g/mol. The molecule has 0 fully saturated rings. The van der Waals surface area contributed by atoms with Gasteiger partial charge in [-0.1, -0.05) is 96.0 Å². The number of nitrogens with one attached hydrogen (secondary N) is 1. The zero-order chi connectivity index (χ0) is 30.0. The van der Waals surface area contributed by atoms with E-state index in [-0.39, 0.29) is 0 Å². The fourth-order valence-electron chi connectivity index (χ4n) is 4.85. The van der Waals surface area contributed by atoms with Gasteiger partial charge in [0, 0.05) is 28.9 Å². The molecule has 6 rings (SSSR count). The van der Waals surface area contributed by atoms with Crippen LogP contribution in [0.25, 0.3) is 23.0 Å². The van der Waals surface area contributed by atoms with Gasteiger partial charge in [0.25, 0.3) is 0 Å². The number of allylic oxidation sites excluding steroid dienone is 1. The lowest BCUT2D eigenvalue weighted by atomic mass is 10.1. The minimum atomic E-state index is -3.94. The summed E-state index contributed by atoms with van der Waals surface area (Å²) in [5.74, 6) is 0.276. The summed E-state index contributed by atoms with van der Waals surface area (Å²) in [6, 6.07) is 30.8. The molecular formula is C33H26Cl2N4O3S. The molecule has 7 nitrogen and oxygen atoms in total. The van der Waals surface area contributed by atoms with Crippen molar-refractivity contribution in [3.05, 3.63) is 154 Å². The van der Waals surface area contributed by atoms with Crippen LogP contribution in [0, 0.1) is 0 Å². The molecule has 10 heteroatoms. The van der Waals surface area contributed by atoms with Gasteiger partial charge < -0.3 is 9.67 Å². The average molecular weight is 630 g/mol. The van der Waals surface area contributed by atoms with Crippen molar-refractivity contribution in [1.29, 1.82) is 0 Å². The summed E-state index contributed by atoms with van der Waals surface area (Å²) in [4.78, 5) is 4.94. The Morgan fingerprint density at radius 3 is 2.35 bits per heavy atom. The number of benzene rings is 4. The SMILES string of the molecule is O=S1(=O)NC(O)=CN1c1cccc(-n2cc(-c3ccc(Cl)cc3Cl)nc2Cc2ccc(C=CCc3ccccc3)cc2)c1. The zero-order valence-electron chi connectivity index (χ0n) is 22.7. The molecular weight excluding hydrogens is 603 g/mol. The maximum Gasteiger partial charge on any atom is 0.330 e. The molecule has 0 aliphatic carbocycles. The number of aliphatic hydroxyl groups is 1. The van der Waals surface area contributed by atoms with Crippen LogP contribution in [0.2, 0.25) is 10.0 Å². The molecule has 216 valence electrons. The van der Waals surface area contributed by atoms with Crippen molar-refractivity contribution >= 4 is 45.2 Å². The second-order valence-corrected chi connectivity index (χ2v) is 12.4. The van der Waals surface area contributed by atoms with Crippen molar-refractivity contribution in [3.8, 4) is 16.9 Å². The molecule has 0 spiro atoms. The molecule has 0 bridgehead atoms. The lowest BCUT2D eigenvalue weighted by Crippen LogP contribution is -2.29. The number of hydrogen-bond donors (Lipinski definition) is 2. The summed E-state index contributed by atoms with van der Waals surface area (Å²) in [5, 5.41) is 10.8. The van der Waals surface area contributed by atoms with E-state index in [9.17, 15) is 13.5 Å². The molecule has 4 aromatic carbocycles. The van der Waals surface area contributed by atoms with Gasteiger partial charge in [-0.3, -0.25) is 0 Å². The molecule has 0 unspecified atom stereocenters. The molecule has 0 saturated carbocycles. The Kier molecular flexibility index (Phi) is 7.99. The Hall–Kier alpha value is -4.50. The van der Waals surface area contributed by atoms with Gasteiger partial charge in [-0.15, -0.1) is 0 Å². The summed E-state index contributed by atoms with van der Waals surface area (Å²) in [6.45, 7) is 0. The van der Waals surface area contributed by atoms with E-state index in [0.717, 1.165) is 39.4 Å². The predicted molar refractivity (Wildman–Crippen MR) is 173 cm³/mol. The largest absolute Gasteiger partial charge is 0.493 e. The first-order valence-electron chi connectivity index (χ1n) is 13.4. The van der Waals surface area contributed by atoms with E-state index in [2.05, 4.69) is 53.3 Å². The van der Waals surface area contributed by atoms with E-state index in [0.29, 0.717) is 33.5 Å². The second kappa shape index (κ2) is 12.0. The smallest absolute Gasteiger partial charge is 0.330 e. The van der Waals surface area contributed by atoms with Gasteiger partial charge >= 0.3 is 10.2 Å². The third kappa shape index (κ3) is 6.46. The van der Waals surface area contributed by atoms with Crippen LogP contribution in [0.3, 0.4) is 0 Å². The fourth-order valence-corrected chi connectivity index (χ4v) is 6.40. The molecule has 1 aliphatic heterocycles. The van der Waals surface area contributed by atoms with Crippen molar-refractivity contribution in [2.24, 2.45) is 0 Å². The second-order valence-electron chi connectivity index (χ2n) is 9.98. The van der Waals surface area contributed by atoms with Crippen LogP contribution in [0.1, 0.15) is 22.5 Å². The van der Waals surface area contributed by atoms with Gasteiger partial charge in [0.1, 0.15) is 5.82 Å². The van der Waals surface area contributed by atoms with Gasteiger partial charge in [0.2, 0.25) is 5.88 Å². The van der Waals surface area contributed by atoms with Crippen molar-refractivity contribution < 1.29 is 13.5 Å². The Morgan fingerprint density at radius 2 is 1.63 bits per heavy atom.